The van der Waals surface area contributed by atoms with Crippen LogP contribution in [0, 0.1) is 0 Å². The van der Waals surface area contributed by atoms with Crippen molar-refractivity contribution in [2.75, 3.05) is 0 Å². The molecule has 0 bridgehead atoms. The van der Waals surface area contributed by atoms with Crippen LogP contribution in [0.5, 0.6) is 11.5 Å². The van der Waals surface area contributed by atoms with Gasteiger partial charge in [0.05, 0.1) is 0 Å². The van der Waals surface area contributed by atoms with Crippen LogP contribution in [-0.4, -0.2) is 0 Å². The molecule has 0 saturated carbocycles. The summed E-state index contributed by atoms with van der Waals surface area (Å²) in [6.07, 6.45) is 1.89. The predicted molar refractivity (Wildman–Crippen MR) is 107 cm³/mol. The summed E-state index contributed by atoms with van der Waals surface area (Å²) in [5, 5.41) is 0. The molecule has 0 heterocycles. The van der Waals surface area contributed by atoms with E-state index in [2.05, 4.69) is 50.2 Å². The second kappa shape index (κ2) is 9.10. The van der Waals surface area contributed by atoms with Crippen LogP contribution >= 0.6 is 0 Å². The molecule has 2 atom stereocenters. The van der Waals surface area contributed by atoms with E-state index in [4.69, 9.17) is 9.47 Å². The van der Waals surface area contributed by atoms with Gasteiger partial charge >= 0.3 is 0 Å². The lowest BCUT2D eigenvalue weighted by Gasteiger charge is -2.21. The van der Waals surface area contributed by atoms with Gasteiger partial charge in [0.15, 0.2) is 0 Å². The van der Waals surface area contributed by atoms with Gasteiger partial charge in [-0.25, -0.2) is 0 Å². The van der Waals surface area contributed by atoms with Crippen LogP contribution in [0.25, 0.3) is 0 Å². The molecule has 0 aliphatic rings. The molecule has 2 unspecified atom stereocenters. The van der Waals surface area contributed by atoms with Crippen LogP contribution in [0.1, 0.15) is 50.0 Å². The van der Waals surface area contributed by atoms with Crippen molar-refractivity contribution in [3.63, 3.8) is 0 Å². The Bertz CT molecular complexity index is 784. The van der Waals surface area contributed by atoms with Crippen molar-refractivity contribution < 1.29 is 9.47 Å². The molecule has 0 N–H and O–H groups in total. The van der Waals surface area contributed by atoms with Crippen LogP contribution in [0.4, 0.5) is 0 Å². The molecule has 0 spiro atoms. The topological polar surface area (TPSA) is 18.5 Å². The average molecular weight is 346 g/mol. The van der Waals surface area contributed by atoms with E-state index in [0.29, 0.717) is 0 Å². The van der Waals surface area contributed by atoms with E-state index in [1.807, 2.05) is 48.5 Å². The molecule has 0 radical (unpaired) electrons. The zero-order valence-electron chi connectivity index (χ0n) is 15.5. The second-order valence-corrected chi connectivity index (χ2v) is 6.33. The molecule has 0 fully saturated rings. The number of hydrogen-bond acceptors (Lipinski definition) is 2. The van der Waals surface area contributed by atoms with Crippen molar-refractivity contribution in [2.24, 2.45) is 0 Å². The second-order valence-electron chi connectivity index (χ2n) is 6.33. The third-order valence-electron chi connectivity index (χ3n) is 4.44. The van der Waals surface area contributed by atoms with Gasteiger partial charge in [0.1, 0.15) is 23.7 Å². The van der Waals surface area contributed by atoms with Crippen molar-refractivity contribution in [3.05, 3.63) is 96.1 Å². The predicted octanol–water partition coefficient (Wildman–Crippen LogP) is 6.75. The lowest BCUT2D eigenvalue weighted by atomic mass is 10.1. The molecule has 2 nitrogen and oxygen atoms in total. The zero-order valence-corrected chi connectivity index (χ0v) is 15.5. The van der Waals surface area contributed by atoms with Crippen LogP contribution in [0.15, 0.2) is 84.9 Å². The maximum atomic E-state index is 6.28. The van der Waals surface area contributed by atoms with Crippen molar-refractivity contribution in [1.82, 2.24) is 0 Å². The third-order valence-corrected chi connectivity index (χ3v) is 4.44. The summed E-state index contributed by atoms with van der Waals surface area (Å²) in [6.45, 7) is 4.29. The molecule has 3 aromatic rings. The van der Waals surface area contributed by atoms with Crippen LogP contribution < -0.4 is 9.47 Å². The molecule has 0 aliphatic carbocycles. The number of para-hydroxylation sites is 1. The van der Waals surface area contributed by atoms with E-state index >= 15 is 0 Å². The van der Waals surface area contributed by atoms with Crippen molar-refractivity contribution in [3.8, 4) is 11.5 Å². The first-order valence-electron chi connectivity index (χ1n) is 9.33. The summed E-state index contributed by atoms with van der Waals surface area (Å²) < 4.78 is 12.4. The van der Waals surface area contributed by atoms with Gasteiger partial charge < -0.3 is 9.47 Å². The standard InChI is InChI=1S/C24H26O2/c1-3-23(19-12-7-5-8-13-19)26-22-17-11-14-20(18-22)24(4-2)25-21-15-9-6-10-16-21/h5-18,23-24H,3-4H2,1-2H3. The molecule has 3 rings (SSSR count). The van der Waals surface area contributed by atoms with Gasteiger partial charge in [-0.1, -0.05) is 74.5 Å². The van der Waals surface area contributed by atoms with E-state index in [9.17, 15) is 0 Å². The number of ether oxygens (including phenoxy) is 2. The Labute approximate surface area is 156 Å². The zero-order chi connectivity index (χ0) is 18.2. The van der Waals surface area contributed by atoms with Crippen molar-refractivity contribution >= 4 is 0 Å². The van der Waals surface area contributed by atoms with Gasteiger partial charge in [0, 0.05) is 0 Å². The average Bonchev–Trinajstić information content (AvgIpc) is 2.72. The summed E-state index contributed by atoms with van der Waals surface area (Å²) in [4.78, 5) is 0. The lowest BCUT2D eigenvalue weighted by Crippen LogP contribution is -2.09. The highest BCUT2D eigenvalue weighted by Gasteiger charge is 2.15. The van der Waals surface area contributed by atoms with E-state index in [0.717, 1.165) is 29.9 Å². The van der Waals surface area contributed by atoms with Gasteiger partial charge in [-0.2, -0.15) is 0 Å². The maximum absolute atomic E-state index is 6.28. The first kappa shape index (κ1) is 18.1. The largest absolute Gasteiger partial charge is 0.486 e. The van der Waals surface area contributed by atoms with Crippen molar-refractivity contribution in [2.45, 2.75) is 38.9 Å². The molecule has 26 heavy (non-hydrogen) atoms. The van der Waals surface area contributed by atoms with E-state index < -0.39 is 0 Å². The minimum Gasteiger partial charge on any atom is -0.486 e. The first-order chi connectivity index (χ1) is 12.8. The fourth-order valence-corrected chi connectivity index (χ4v) is 3.06. The Kier molecular flexibility index (Phi) is 6.32. The monoisotopic (exact) mass is 346 g/mol. The van der Waals surface area contributed by atoms with Gasteiger partial charge in [-0.3, -0.25) is 0 Å². The SMILES string of the molecule is CCC(Oc1cccc(C(CC)Oc2ccccc2)c1)c1ccccc1. The fraction of sp³-hybridized carbons (Fsp3) is 0.250. The minimum absolute atomic E-state index is 0.0118. The molecule has 134 valence electrons. The molecule has 2 heteroatoms. The van der Waals surface area contributed by atoms with Crippen LogP contribution in [0.2, 0.25) is 0 Å². The Balaban J connectivity index is 1.76. The third kappa shape index (κ3) is 4.66. The van der Waals surface area contributed by atoms with Gasteiger partial charge in [0.2, 0.25) is 0 Å². The Hall–Kier alpha value is -2.74. The summed E-state index contributed by atoms with van der Waals surface area (Å²) in [5.74, 6) is 1.77. The van der Waals surface area contributed by atoms with Crippen LogP contribution in [-0.2, 0) is 0 Å². The summed E-state index contributed by atoms with van der Waals surface area (Å²) in [7, 11) is 0. The first-order valence-corrected chi connectivity index (χ1v) is 9.33. The molecule has 0 saturated heterocycles. The highest BCUT2D eigenvalue weighted by Crippen LogP contribution is 2.30. The summed E-state index contributed by atoms with van der Waals surface area (Å²) >= 11 is 0. The molecular weight excluding hydrogens is 320 g/mol. The Morgan fingerprint density at radius 2 is 1.08 bits per heavy atom. The van der Waals surface area contributed by atoms with Gasteiger partial charge in [-0.15, -0.1) is 0 Å². The van der Waals surface area contributed by atoms with Gasteiger partial charge in [-0.05, 0) is 48.2 Å². The lowest BCUT2D eigenvalue weighted by molar-refractivity contribution is 0.192. The number of hydrogen-bond donors (Lipinski definition) is 0. The number of rotatable bonds is 8. The number of benzene rings is 3. The molecule has 3 aromatic carbocycles. The highest BCUT2D eigenvalue weighted by atomic mass is 16.5. The molecule has 0 amide bonds. The van der Waals surface area contributed by atoms with Crippen molar-refractivity contribution in [1.29, 1.82) is 0 Å². The maximum Gasteiger partial charge on any atom is 0.124 e. The fourth-order valence-electron chi connectivity index (χ4n) is 3.06. The smallest absolute Gasteiger partial charge is 0.124 e. The highest BCUT2D eigenvalue weighted by molar-refractivity contribution is 5.32. The Morgan fingerprint density at radius 3 is 1.73 bits per heavy atom. The minimum atomic E-state index is 0.0118. The summed E-state index contributed by atoms with van der Waals surface area (Å²) in [5.41, 5.74) is 2.34. The van der Waals surface area contributed by atoms with E-state index in [-0.39, 0.29) is 12.2 Å². The van der Waals surface area contributed by atoms with E-state index in [1.165, 1.54) is 5.56 Å². The Morgan fingerprint density at radius 1 is 0.577 bits per heavy atom. The quantitative estimate of drug-likeness (QED) is 0.449. The summed E-state index contributed by atoms with van der Waals surface area (Å²) in [6, 6.07) is 28.6. The molecule has 0 aliphatic heterocycles. The van der Waals surface area contributed by atoms with Crippen LogP contribution in [0.3, 0.4) is 0 Å². The normalized spacial score (nSPS) is 13.0. The van der Waals surface area contributed by atoms with Gasteiger partial charge in [0.25, 0.3) is 0 Å². The molecule has 0 aromatic heterocycles. The molecular formula is C24H26O2. The van der Waals surface area contributed by atoms with E-state index in [1.54, 1.807) is 0 Å².